The van der Waals surface area contributed by atoms with Crippen LogP contribution in [0.2, 0.25) is 0 Å². The van der Waals surface area contributed by atoms with Crippen LogP contribution in [0.15, 0.2) is 29.2 Å². The minimum atomic E-state index is -3.83. The zero-order chi connectivity index (χ0) is 18.4. The van der Waals surface area contributed by atoms with E-state index < -0.39 is 15.9 Å². The summed E-state index contributed by atoms with van der Waals surface area (Å²) >= 11 is 0. The fraction of sp³-hybridized carbons (Fsp3) is 0.529. The van der Waals surface area contributed by atoms with Gasteiger partial charge in [0.25, 0.3) is 15.9 Å². The van der Waals surface area contributed by atoms with E-state index in [0.29, 0.717) is 6.54 Å². The fourth-order valence-electron chi connectivity index (χ4n) is 2.91. The minimum absolute atomic E-state index is 0.0163. The molecule has 0 spiro atoms. The van der Waals surface area contributed by atoms with Crippen LogP contribution in [0.5, 0.6) is 0 Å². The molecule has 1 aromatic rings. The Labute approximate surface area is 149 Å². The van der Waals surface area contributed by atoms with E-state index in [-0.39, 0.29) is 29.3 Å². The average molecular weight is 368 g/mol. The normalized spacial score (nSPS) is 15.5. The Hall–Kier alpha value is -1.93. The molecule has 1 aliphatic rings. The van der Waals surface area contributed by atoms with Crippen LogP contribution in [0.3, 0.4) is 0 Å². The van der Waals surface area contributed by atoms with Crippen LogP contribution in [0.1, 0.15) is 37.0 Å². The highest BCUT2D eigenvalue weighted by Gasteiger charge is 2.40. The van der Waals surface area contributed by atoms with Gasteiger partial charge in [0.05, 0.1) is 25.2 Å². The predicted octanol–water partition coefficient (Wildman–Crippen LogP) is -0.348. The Kier molecular flexibility index (Phi) is 6.55. The highest BCUT2D eigenvalue weighted by Crippen LogP contribution is 2.29. The summed E-state index contributed by atoms with van der Waals surface area (Å²) in [6.07, 6.45) is 0.840. The van der Waals surface area contributed by atoms with Crippen molar-refractivity contribution in [3.8, 4) is 0 Å². The monoisotopic (exact) mass is 368 g/mol. The van der Waals surface area contributed by atoms with Crippen LogP contribution in [-0.2, 0) is 14.8 Å². The fourth-order valence-corrected chi connectivity index (χ4v) is 4.48. The summed E-state index contributed by atoms with van der Waals surface area (Å²) in [4.78, 5) is 25.7. The van der Waals surface area contributed by atoms with Gasteiger partial charge < -0.3 is 10.2 Å². The van der Waals surface area contributed by atoms with E-state index in [4.69, 9.17) is 0 Å². The molecular formula is C17H26N3O4S+. The lowest BCUT2D eigenvalue weighted by Gasteiger charge is -2.16. The van der Waals surface area contributed by atoms with Gasteiger partial charge in [0.2, 0.25) is 5.91 Å². The van der Waals surface area contributed by atoms with Gasteiger partial charge in [-0.15, -0.1) is 0 Å². The summed E-state index contributed by atoms with van der Waals surface area (Å²) in [6, 6.07) is 6.11. The van der Waals surface area contributed by atoms with Crippen molar-refractivity contribution < 1.29 is 22.9 Å². The molecule has 0 saturated carbocycles. The third-order valence-corrected chi connectivity index (χ3v) is 6.32. The van der Waals surface area contributed by atoms with Crippen molar-refractivity contribution in [2.75, 3.05) is 32.7 Å². The summed E-state index contributed by atoms with van der Waals surface area (Å²) in [5.74, 6) is -0.804. The molecule has 2 N–H and O–H groups in total. The summed E-state index contributed by atoms with van der Waals surface area (Å²) < 4.78 is 25.5. The molecule has 0 atom stereocenters. The quantitative estimate of drug-likeness (QED) is 0.584. The van der Waals surface area contributed by atoms with Gasteiger partial charge in [-0.05, 0) is 26.0 Å². The maximum atomic E-state index is 12.4. The molecule has 2 amide bonds. The number of hydrogen-bond acceptors (Lipinski definition) is 4. The number of carbonyl (C=O) groups excluding carboxylic acids is 2. The van der Waals surface area contributed by atoms with Crippen LogP contribution >= 0.6 is 0 Å². The zero-order valence-electron chi connectivity index (χ0n) is 14.7. The summed E-state index contributed by atoms with van der Waals surface area (Å²) in [5, 5.41) is 2.79. The highest BCUT2D eigenvalue weighted by atomic mass is 32.2. The van der Waals surface area contributed by atoms with E-state index in [1.54, 1.807) is 12.1 Å². The maximum Gasteiger partial charge on any atom is 0.269 e. The molecule has 25 heavy (non-hydrogen) atoms. The highest BCUT2D eigenvalue weighted by molar-refractivity contribution is 7.90. The number of nitrogens with zero attached hydrogens (tertiary/aromatic N) is 1. The number of nitrogens with one attached hydrogen (secondary N) is 2. The molecule has 2 rings (SSSR count). The molecule has 0 aliphatic carbocycles. The first-order valence-electron chi connectivity index (χ1n) is 8.68. The molecule has 8 heteroatoms. The molecular weight excluding hydrogens is 342 g/mol. The standard InChI is InChI=1S/C17H25N3O4S/c1-3-19(4-2)12-7-11-18-16(21)10-13-20-17(22)14-8-5-6-9-15(14)25(20,23)24/h5-6,8-9H,3-4,7,10-13H2,1-2H3,(H,18,21)/p+1. The first kappa shape index (κ1) is 19.4. The van der Waals surface area contributed by atoms with Crippen molar-refractivity contribution in [2.24, 2.45) is 0 Å². The number of amides is 2. The second-order valence-electron chi connectivity index (χ2n) is 6.04. The first-order chi connectivity index (χ1) is 11.9. The van der Waals surface area contributed by atoms with Crippen LogP contribution in [0, 0.1) is 0 Å². The van der Waals surface area contributed by atoms with Gasteiger partial charge in [0, 0.05) is 25.9 Å². The van der Waals surface area contributed by atoms with Gasteiger partial charge in [0.15, 0.2) is 0 Å². The molecule has 1 heterocycles. The summed E-state index contributed by atoms with van der Waals surface area (Å²) in [7, 11) is -3.83. The van der Waals surface area contributed by atoms with E-state index in [0.717, 1.165) is 30.4 Å². The van der Waals surface area contributed by atoms with Crippen LogP contribution < -0.4 is 10.2 Å². The smallest absolute Gasteiger partial charge is 0.269 e. The van der Waals surface area contributed by atoms with Crippen LogP contribution in [0.25, 0.3) is 0 Å². The van der Waals surface area contributed by atoms with Gasteiger partial charge in [-0.1, -0.05) is 12.1 Å². The lowest BCUT2D eigenvalue weighted by Crippen LogP contribution is -3.11. The summed E-state index contributed by atoms with van der Waals surface area (Å²) in [6.45, 7) is 7.78. The Morgan fingerprint density at radius 3 is 2.52 bits per heavy atom. The molecule has 0 unspecified atom stereocenters. The van der Waals surface area contributed by atoms with Crippen molar-refractivity contribution >= 4 is 21.8 Å². The topological polar surface area (TPSA) is 88.0 Å². The van der Waals surface area contributed by atoms with Gasteiger partial charge in [-0.2, -0.15) is 0 Å². The Balaban J connectivity index is 1.82. The number of fused-ring (bicyclic) bond motifs is 1. The molecule has 1 aromatic carbocycles. The summed E-state index contributed by atoms with van der Waals surface area (Å²) in [5.41, 5.74) is 0.171. The Morgan fingerprint density at radius 2 is 1.88 bits per heavy atom. The number of quaternary nitrogens is 1. The van der Waals surface area contributed by atoms with E-state index in [1.165, 1.54) is 17.0 Å². The van der Waals surface area contributed by atoms with Gasteiger partial charge >= 0.3 is 0 Å². The van der Waals surface area contributed by atoms with E-state index >= 15 is 0 Å². The SMILES string of the molecule is CC[NH+](CC)CCCNC(=O)CCN1C(=O)c2ccccc2S1(=O)=O. The van der Waals surface area contributed by atoms with Crippen molar-refractivity contribution in [1.82, 2.24) is 9.62 Å². The van der Waals surface area contributed by atoms with Crippen LogP contribution in [0.4, 0.5) is 0 Å². The van der Waals surface area contributed by atoms with Crippen molar-refractivity contribution in [3.63, 3.8) is 0 Å². The van der Waals surface area contributed by atoms with Gasteiger partial charge in [-0.3, -0.25) is 9.59 Å². The second kappa shape index (κ2) is 8.44. The van der Waals surface area contributed by atoms with Gasteiger partial charge in [-0.25, -0.2) is 12.7 Å². The molecule has 0 fully saturated rings. The largest absolute Gasteiger partial charge is 0.356 e. The van der Waals surface area contributed by atoms with Crippen molar-refractivity contribution in [3.05, 3.63) is 29.8 Å². The van der Waals surface area contributed by atoms with E-state index in [1.807, 2.05) is 0 Å². The predicted molar refractivity (Wildman–Crippen MR) is 93.8 cm³/mol. The third kappa shape index (κ3) is 4.38. The lowest BCUT2D eigenvalue weighted by molar-refractivity contribution is -0.896. The molecule has 7 nitrogen and oxygen atoms in total. The minimum Gasteiger partial charge on any atom is -0.356 e. The van der Waals surface area contributed by atoms with Gasteiger partial charge in [0.1, 0.15) is 4.90 Å². The van der Waals surface area contributed by atoms with Crippen LogP contribution in [-0.4, -0.2) is 57.3 Å². The molecule has 1 aliphatic heterocycles. The number of rotatable bonds is 9. The van der Waals surface area contributed by atoms with Crippen molar-refractivity contribution in [2.45, 2.75) is 31.6 Å². The molecule has 0 radical (unpaired) electrons. The number of carbonyl (C=O) groups is 2. The maximum absolute atomic E-state index is 12.4. The molecule has 0 aromatic heterocycles. The first-order valence-corrected chi connectivity index (χ1v) is 10.1. The average Bonchev–Trinajstić information content (AvgIpc) is 2.80. The van der Waals surface area contributed by atoms with E-state index in [9.17, 15) is 18.0 Å². The molecule has 0 bridgehead atoms. The van der Waals surface area contributed by atoms with E-state index in [2.05, 4.69) is 19.2 Å². The Bertz CT molecular complexity index is 729. The molecule has 138 valence electrons. The van der Waals surface area contributed by atoms with Crippen molar-refractivity contribution in [1.29, 1.82) is 0 Å². The number of benzene rings is 1. The Morgan fingerprint density at radius 1 is 1.20 bits per heavy atom. The third-order valence-electron chi connectivity index (χ3n) is 4.48. The second-order valence-corrected chi connectivity index (χ2v) is 7.87. The molecule has 0 saturated heterocycles. The lowest BCUT2D eigenvalue weighted by atomic mass is 10.2. The zero-order valence-corrected chi connectivity index (χ0v) is 15.6. The number of hydrogen-bond donors (Lipinski definition) is 2. The number of sulfonamides is 1.